The molecule has 1 atom stereocenters. The number of thioether (sulfide) groups is 1. The van der Waals surface area contributed by atoms with Gasteiger partial charge in [-0.25, -0.2) is 4.98 Å². The van der Waals surface area contributed by atoms with Crippen LogP contribution in [0.25, 0.3) is 4.91 Å². The van der Waals surface area contributed by atoms with Crippen molar-refractivity contribution < 1.29 is 0 Å². The number of pyridine rings is 1. The van der Waals surface area contributed by atoms with Gasteiger partial charge in [-0.1, -0.05) is 65.8 Å². The quantitative estimate of drug-likeness (QED) is 0.837. The van der Waals surface area contributed by atoms with Crippen molar-refractivity contribution in [2.75, 3.05) is 0 Å². The van der Waals surface area contributed by atoms with Gasteiger partial charge in [-0.15, -0.1) is 0 Å². The summed E-state index contributed by atoms with van der Waals surface area (Å²) in [6.45, 7) is 0. The van der Waals surface area contributed by atoms with Crippen LogP contribution >= 0.6 is 23.4 Å². The largest absolute Gasteiger partial charge is 0.297 e. The van der Waals surface area contributed by atoms with Gasteiger partial charge in [0.15, 0.2) is 0 Å². The van der Waals surface area contributed by atoms with Gasteiger partial charge in [-0.2, -0.15) is 0 Å². The Labute approximate surface area is 127 Å². The second-order valence-corrected chi connectivity index (χ2v) is 6.13. The Hall–Kier alpha value is -1.58. The molecule has 1 unspecified atom stereocenters. The Kier molecular flexibility index (Phi) is 3.90. The number of nitrogens with one attached hydrogen (secondary N) is 1. The zero-order chi connectivity index (χ0) is 13.9. The summed E-state index contributed by atoms with van der Waals surface area (Å²) in [5.41, 5.74) is 2.29. The predicted octanol–water partition coefficient (Wildman–Crippen LogP) is 4.66. The van der Waals surface area contributed by atoms with Crippen LogP contribution in [-0.2, 0) is 6.42 Å². The maximum Gasteiger partial charge on any atom is 0.129 e. The Balaban J connectivity index is 1.79. The zero-order valence-corrected chi connectivity index (χ0v) is 12.3. The molecule has 0 spiro atoms. The van der Waals surface area contributed by atoms with E-state index in [9.17, 15) is 0 Å². The molecule has 1 aromatic heterocycles. The van der Waals surface area contributed by atoms with E-state index in [1.54, 1.807) is 24.0 Å². The second-order valence-electron chi connectivity index (χ2n) is 4.66. The Morgan fingerprint density at radius 1 is 1.15 bits per heavy atom. The number of hydrogen-bond donors (Lipinski definition) is 1. The second kappa shape index (κ2) is 5.81. The average molecular weight is 301 g/mol. The van der Waals surface area contributed by atoms with Gasteiger partial charge >= 0.3 is 0 Å². The molecule has 2 aromatic rings. The van der Waals surface area contributed by atoms with E-state index in [1.165, 1.54) is 10.5 Å². The lowest BCUT2D eigenvalue weighted by Crippen LogP contribution is -2.06. The third-order valence-electron chi connectivity index (χ3n) is 3.21. The fourth-order valence-electron chi connectivity index (χ4n) is 2.18. The fourth-order valence-corrected chi connectivity index (χ4v) is 3.31. The predicted molar refractivity (Wildman–Crippen MR) is 86.2 cm³/mol. The monoisotopic (exact) mass is 300 g/mol. The number of aromatic nitrogens is 1. The molecular weight excluding hydrogens is 288 g/mol. The van der Waals surface area contributed by atoms with Crippen LogP contribution in [0.1, 0.15) is 11.1 Å². The van der Waals surface area contributed by atoms with Gasteiger partial charge in [0.1, 0.15) is 5.15 Å². The lowest BCUT2D eigenvalue weighted by molar-refractivity contribution is 0.857. The van der Waals surface area contributed by atoms with E-state index in [4.69, 9.17) is 17.0 Å². The van der Waals surface area contributed by atoms with Crippen LogP contribution in [0.3, 0.4) is 0 Å². The molecule has 0 saturated carbocycles. The average Bonchev–Trinajstić information content (AvgIpc) is 2.84. The number of rotatable bonds is 3. The van der Waals surface area contributed by atoms with E-state index < -0.39 is 0 Å². The van der Waals surface area contributed by atoms with Crippen LogP contribution < -0.4 is 0 Å². The number of allylic oxidation sites excluding steroid dienone is 1. The molecule has 0 radical (unpaired) electrons. The van der Waals surface area contributed by atoms with Crippen molar-refractivity contribution in [3.63, 3.8) is 0 Å². The molecule has 0 fully saturated rings. The fraction of sp³-hybridized carbons (Fsp3) is 0.125. The summed E-state index contributed by atoms with van der Waals surface area (Å²) in [5, 5.41) is 9.34. The molecule has 1 aliphatic rings. The molecule has 0 aliphatic carbocycles. The van der Waals surface area contributed by atoms with Crippen molar-refractivity contribution in [2.24, 2.45) is 5.92 Å². The highest BCUT2D eigenvalue weighted by atomic mass is 35.5. The summed E-state index contributed by atoms with van der Waals surface area (Å²) >= 11 is 7.34. The third kappa shape index (κ3) is 2.94. The number of benzene rings is 1. The smallest absolute Gasteiger partial charge is 0.129 e. The summed E-state index contributed by atoms with van der Waals surface area (Å²) in [6.07, 6.45) is 4.76. The molecule has 0 amide bonds. The van der Waals surface area contributed by atoms with Gasteiger partial charge in [-0.3, -0.25) is 5.41 Å². The Morgan fingerprint density at radius 3 is 2.65 bits per heavy atom. The third-order valence-corrected chi connectivity index (χ3v) is 4.55. The van der Waals surface area contributed by atoms with E-state index in [-0.39, 0.29) is 5.92 Å². The van der Waals surface area contributed by atoms with Gasteiger partial charge in [0.05, 0.1) is 5.04 Å². The van der Waals surface area contributed by atoms with Gasteiger partial charge < -0.3 is 0 Å². The topological polar surface area (TPSA) is 36.7 Å². The maximum absolute atomic E-state index is 8.14. The molecule has 2 heterocycles. The number of halogens is 1. The molecule has 2 nitrogen and oxygen atoms in total. The van der Waals surface area contributed by atoms with Crippen LogP contribution in [0, 0.1) is 11.3 Å². The summed E-state index contributed by atoms with van der Waals surface area (Å²) in [5.74, 6) is 0.137. The van der Waals surface area contributed by atoms with Crippen LogP contribution in [-0.4, -0.2) is 10.0 Å². The van der Waals surface area contributed by atoms with E-state index in [1.807, 2.05) is 24.3 Å². The van der Waals surface area contributed by atoms with E-state index >= 15 is 0 Å². The first-order chi connectivity index (χ1) is 9.72. The molecule has 1 aliphatic heterocycles. The Bertz CT molecular complexity index is 650. The molecule has 0 saturated heterocycles. The lowest BCUT2D eigenvalue weighted by atomic mass is 10.0. The molecule has 1 aromatic carbocycles. The first kappa shape index (κ1) is 13.4. The summed E-state index contributed by atoms with van der Waals surface area (Å²) in [7, 11) is 0. The highest BCUT2D eigenvalue weighted by Gasteiger charge is 2.23. The molecule has 3 rings (SSSR count). The summed E-state index contributed by atoms with van der Waals surface area (Å²) in [4.78, 5) is 5.26. The van der Waals surface area contributed by atoms with Crippen LogP contribution in [0.15, 0.2) is 54.7 Å². The summed E-state index contributed by atoms with van der Waals surface area (Å²) < 4.78 is 0. The van der Waals surface area contributed by atoms with Gasteiger partial charge in [0.25, 0.3) is 0 Å². The van der Waals surface area contributed by atoms with Crippen LogP contribution in [0.2, 0.25) is 5.15 Å². The van der Waals surface area contributed by atoms with E-state index in [2.05, 4.69) is 23.2 Å². The highest BCUT2D eigenvalue weighted by Crippen LogP contribution is 2.39. The minimum absolute atomic E-state index is 0.137. The van der Waals surface area contributed by atoms with Crippen molar-refractivity contribution >= 4 is 33.3 Å². The summed E-state index contributed by atoms with van der Waals surface area (Å²) in [6, 6.07) is 14.0. The standard InChI is InChI=1S/C16H13ClN2S/c17-15-7-6-11(10-19-15)8-13-9-14(20-16(13)18)12-4-2-1-3-5-12/h1-7,9-10,13,18H,8H2. The molecule has 4 heteroatoms. The lowest BCUT2D eigenvalue weighted by Gasteiger charge is -2.06. The van der Waals surface area contributed by atoms with E-state index in [0.717, 1.165) is 12.0 Å². The molecular formula is C16H13ClN2S. The van der Waals surface area contributed by atoms with Gasteiger partial charge in [-0.05, 0) is 23.6 Å². The maximum atomic E-state index is 8.14. The zero-order valence-electron chi connectivity index (χ0n) is 10.7. The van der Waals surface area contributed by atoms with Crippen molar-refractivity contribution in [1.82, 2.24) is 4.98 Å². The highest BCUT2D eigenvalue weighted by molar-refractivity contribution is 8.22. The van der Waals surface area contributed by atoms with Crippen LogP contribution in [0.5, 0.6) is 0 Å². The first-order valence-corrected chi connectivity index (χ1v) is 7.56. The normalized spacial score (nSPS) is 18.1. The minimum Gasteiger partial charge on any atom is -0.297 e. The molecule has 0 bridgehead atoms. The Morgan fingerprint density at radius 2 is 1.95 bits per heavy atom. The number of hydrogen-bond acceptors (Lipinski definition) is 3. The number of nitrogens with zero attached hydrogens (tertiary/aromatic N) is 1. The van der Waals surface area contributed by atoms with Crippen molar-refractivity contribution in [1.29, 1.82) is 5.41 Å². The SMILES string of the molecule is N=C1SC(c2ccccc2)=CC1Cc1ccc(Cl)nc1. The van der Waals surface area contributed by atoms with Crippen molar-refractivity contribution in [3.8, 4) is 0 Å². The minimum atomic E-state index is 0.137. The molecule has 20 heavy (non-hydrogen) atoms. The first-order valence-electron chi connectivity index (χ1n) is 6.36. The molecule has 1 N–H and O–H groups in total. The van der Waals surface area contributed by atoms with E-state index in [0.29, 0.717) is 10.2 Å². The van der Waals surface area contributed by atoms with Crippen molar-refractivity contribution in [3.05, 3.63) is 71.0 Å². The molecule has 100 valence electrons. The van der Waals surface area contributed by atoms with Crippen LogP contribution in [0.4, 0.5) is 0 Å². The van der Waals surface area contributed by atoms with Gasteiger partial charge in [0, 0.05) is 17.0 Å². The van der Waals surface area contributed by atoms with Gasteiger partial charge in [0.2, 0.25) is 0 Å². The van der Waals surface area contributed by atoms with Crippen molar-refractivity contribution in [2.45, 2.75) is 6.42 Å².